The van der Waals surface area contributed by atoms with E-state index in [1.54, 1.807) is 0 Å². The van der Waals surface area contributed by atoms with E-state index < -0.39 is 0 Å². The Labute approximate surface area is 216 Å². The standard InChI is InChI=1S/C30H46S3/c1-3-5-7-9-11-13-15-17-27-19-23-29(24-20-27)31-33-32-30-25-21-28(22-26-30)18-16-14-12-10-8-6-4-2/h19-26H,3-18H2,1-2H3. The molecule has 184 valence electrons. The molecule has 3 heteroatoms. The largest absolute Gasteiger partial charge is 0.0654 e. The van der Waals surface area contributed by atoms with Crippen LogP contribution in [0, 0.1) is 0 Å². The predicted octanol–water partition coefficient (Wildman–Crippen LogP) is 11.7. The molecule has 0 amide bonds. The summed E-state index contributed by atoms with van der Waals surface area (Å²) in [5.74, 6) is 0. The van der Waals surface area contributed by atoms with E-state index in [1.807, 2.05) is 31.4 Å². The van der Waals surface area contributed by atoms with Crippen LogP contribution in [0.2, 0.25) is 0 Å². The zero-order valence-corrected chi connectivity index (χ0v) is 23.6. The average Bonchev–Trinajstić information content (AvgIpc) is 2.85. The lowest BCUT2D eigenvalue weighted by atomic mass is 10.0. The lowest BCUT2D eigenvalue weighted by molar-refractivity contribution is 0.589. The minimum Gasteiger partial charge on any atom is -0.0654 e. The molecule has 0 aliphatic carbocycles. The molecular weight excluding hydrogens is 457 g/mol. The van der Waals surface area contributed by atoms with Crippen LogP contribution in [0.3, 0.4) is 0 Å². The fourth-order valence-electron chi connectivity index (χ4n) is 4.09. The van der Waals surface area contributed by atoms with E-state index >= 15 is 0 Å². The van der Waals surface area contributed by atoms with E-state index in [0.717, 1.165) is 0 Å². The van der Waals surface area contributed by atoms with Crippen molar-refractivity contribution >= 4 is 31.4 Å². The Bertz CT molecular complexity index is 632. The Hall–Kier alpha value is -0.510. The first kappa shape index (κ1) is 28.7. The summed E-state index contributed by atoms with van der Waals surface area (Å²) in [5.41, 5.74) is 2.98. The van der Waals surface area contributed by atoms with Gasteiger partial charge >= 0.3 is 0 Å². The quantitative estimate of drug-likeness (QED) is 0.130. The highest BCUT2D eigenvalue weighted by molar-refractivity contribution is 9.09. The SMILES string of the molecule is CCCCCCCCCc1ccc(SSSc2ccc(CCCCCCCCC)cc2)cc1. The molecule has 2 aromatic rings. The molecule has 0 radical (unpaired) electrons. The minimum absolute atomic E-state index is 1.23. The number of rotatable bonds is 20. The molecule has 33 heavy (non-hydrogen) atoms. The van der Waals surface area contributed by atoms with Gasteiger partial charge < -0.3 is 0 Å². The summed E-state index contributed by atoms with van der Waals surface area (Å²) in [5, 5.41) is 0. The van der Waals surface area contributed by atoms with Crippen LogP contribution in [0.5, 0.6) is 0 Å². The van der Waals surface area contributed by atoms with E-state index in [-0.39, 0.29) is 0 Å². The maximum Gasteiger partial charge on any atom is 0.0191 e. The molecule has 0 unspecified atom stereocenters. The van der Waals surface area contributed by atoms with Crippen LogP contribution in [-0.2, 0) is 12.8 Å². The molecule has 0 nitrogen and oxygen atoms in total. The zero-order chi connectivity index (χ0) is 23.4. The Morgan fingerprint density at radius 2 is 0.758 bits per heavy atom. The van der Waals surface area contributed by atoms with Crippen molar-refractivity contribution in [1.29, 1.82) is 0 Å². The third kappa shape index (κ3) is 14.5. The van der Waals surface area contributed by atoms with Crippen molar-refractivity contribution in [3.63, 3.8) is 0 Å². The summed E-state index contributed by atoms with van der Waals surface area (Å²) in [4.78, 5) is 2.71. The van der Waals surface area contributed by atoms with Crippen LogP contribution in [0.1, 0.15) is 115 Å². The van der Waals surface area contributed by atoms with Gasteiger partial charge in [0, 0.05) is 9.79 Å². The highest BCUT2D eigenvalue weighted by Crippen LogP contribution is 2.44. The fraction of sp³-hybridized carbons (Fsp3) is 0.600. The Morgan fingerprint density at radius 3 is 1.12 bits per heavy atom. The second-order valence-corrected chi connectivity index (χ2v) is 13.3. The number of unbranched alkanes of at least 4 members (excludes halogenated alkanes) is 12. The van der Waals surface area contributed by atoms with Crippen LogP contribution in [0.15, 0.2) is 58.3 Å². The van der Waals surface area contributed by atoms with E-state index in [9.17, 15) is 0 Å². The highest BCUT2D eigenvalue weighted by Gasteiger charge is 2.01. The Kier molecular flexibility index (Phi) is 17.2. The van der Waals surface area contributed by atoms with Crippen molar-refractivity contribution in [2.24, 2.45) is 0 Å². The van der Waals surface area contributed by atoms with E-state index in [4.69, 9.17) is 0 Å². The second kappa shape index (κ2) is 19.8. The van der Waals surface area contributed by atoms with Gasteiger partial charge in [-0.15, -0.1) is 0 Å². The van der Waals surface area contributed by atoms with Crippen molar-refractivity contribution in [1.82, 2.24) is 0 Å². The molecule has 0 saturated carbocycles. The topological polar surface area (TPSA) is 0 Å². The molecule has 0 heterocycles. The van der Waals surface area contributed by atoms with Crippen molar-refractivity contribution in [3.8, 4) is 0 Å². The number of hydrogen-bond donors (Lipinski definition) is 0. The second-order valence-electron chi connectivity index (χ2n) is 9.27. The molecule has 0 aliphatic rings. The fourth-order valence-corrected chi connectivity index (χ4v) is 7.74. The van der Waals surface area contributed by atoms with Crippen LogP contribution >= 0.6 is 31.4 Å². The highest BCUT2D eigenvalue weighted by atomic mass is 33.5. The average molecular weight is 503 g/mol. The zero-order valence-electron chi connectivity index (χ0n) is 21.2. The van der Waals surface area contributed by atoms with Crippen molar-refractivity contribution in [2.45, 2.75) is 126 Å². The summed E-state index contributed by atoms with van der Waals surface area (Å²) in [7, 11) is 5.61. The van der Waals surface area contributed by atoms with Gasteiger partial charge in [0.15, 0.2) is 0 Å². The van der Waals surface area contributed by atoms with Crippen LogP contribution < -0.4 is 0 Å². The van der Waals surface area contributed by atoms with Gasteiger partial charge in [-0.2, -0.15) is 0 Å². The molecular formula is C30H46S3. The molecule has 0 aromatic heterocycles. The number of aryl methyl sites for hydroxylation is 2. The van der Waals surface area contributed by atoms with Crippen molar-refractivity contribution in [2.75, 3.05) is 0 Å². The third-order valence-electron chi connectivity index (χ3n) is 6.25. The minimum atomic E-state index is 1.23. The first-order valence-corrected chi connectivity index (χ1v) is 17.0. The molecule has 0 saturated heterocycles. The van der Waals surface area contributed by atoms with Gasteiger partial charge in [-0.05, 0) is 92.5 Å². The Morgan fingerprint density at radius 1 is 0.424 bits per heavy atom. The van der Waals surface area contributed by atoms with E-state index in [1.165, 1.54) is 124 Å². The predicted molar refractivity (Wildman–Crippen MR) is 156 cm³/mol. The normalized spacial score (nSPS) is 11.2. The van der Waals surface area contributed by atoms with Gasteiger partial charge in [0.25, 0.3) is 0 Å². The summed E-state index contributed by atoms with van der Waals surface area (Å²) in [6.07, 6.45) is 21.8. The molecule has 0 bridgehead atoms. The molecule has 0 fully saturated rings. The summed E-state index contributed by atoms with van der Waals surface area (Å²) >= 11 is 0. The number of hydrogen-bond acceptors (Lipinski definition) is 3. The van der Waals surface area contributed by atoms with E-state index in [2.05, 4.69) is 62.4 Å². The Balaban J connectivity index is 1.54. The van der Waals surface area contributed by atoms with Crippen LogP contribution in [-0.4, -0.2) is 0 Å². The molecule has 2 rings (SSSR count). The van der Waals surface area contributed by atoms with Crippen LogP contribution in [0.25, 0.3) is 0 Å². The summed E-state index contributed by atoms with van der Waals surface area (Å²) in [6.45, 7) is 4.57. The third-order valence-corrected chi connectivity index (χ3v) is 10.1. The van der Waals surface area contributed by atoms with Gasteiger partial charge in [-0.25, -0.2) is 0 Å². The summed E-state index contributed by atoms with van der Waals surface area (Å²) < 4.78 is 0. The lowest BCUT2D eigenvalue weighted by Gasteiger charge is -2.06. The maximum atomic E-state index is 2.32. The van der Waals surface area contributed by atoms with Crippen molar-refractivity contribution < 1.29 is 0 Å². The van der Waals surface area contributed by atoms with Gasteiger partial charge in [0.05, 0.1) is 0 Å². The molecule has 0 aliphatic heterocycles. The summed E-state index contributed by atoms with van der Waals surface area (Å²) in [6, 6.07) is 18.5. The van der Waals surface area contributed by atoms with Crippen molar-refractivity contribution in [3.05, 3.63) is 59.7 Å². The molecule has 0 spiro atoms. The maximum absolute atomic E-state index is 2.32. The monoisotopic (exact) mass is 502 g/mol. The number of benzene rings is 2. The first-order valence-electron chi connectivity index (χ1n) is 13.5. The van der Waals surface area contributed by atoms with Gasteiger partial charge in [-0.1, -0.05) is 115 Å². The van der Waals surface area contributed by atoms with Crippen LogP contribution in [0.4, 0.5) is 0 Å². The van der Waals surface area contributed by atoms with Gasteiger partial charge in [0.2, 0.25) is 0 Å². The smallest absolute Gasteiger partial charge is 0.0191 e. The molecule has 2 aromatic carbocycles. The first-order chi connectivity index (χ1) is 16.3. The van der Waals surface area contributed by atoms with E-state index in [0.29, 0.717) is 0 Å². The lowest BCUT2D eigenvalue weighted by Crippen LogP contribution is -1.86. The van der Waals surface area contributed by atoms with Gasteiger partial charge in [-0.3, -0.25) is 0 Å². The molecule has 0 atom stereocenters. The molecule has 0 N–H and O–H groups in total. The van der Waals surface area contributed by atoms with Gasteiger partial charge in [0.1, 0.15) is 0 Å².